The molecule has 0 bridgehead atoms. The van der Waals surface area contributed by atoms with Crippen LogP contribution in [0.4, 0.5) is 10.8 Å². The first-order chi connectivity index (χ1) is 17.4. The molecule has 1 saturated heterocycles. The van der Waals surface area contributed by atoms with Crippen LogP contribution in [0.2, 0.25) is 0 Å². The van der Waals surface area contributed by atoms with Crippen molar-refractivity contribution in [3.63, 3.8) is 0 Å². The smallest absolute Gasteiger partial charge is 0.408 e. The number of aromatic nitrogens is 2. The van der Waals surface area contributed by atoms with E-state index in [9.17, 15) is 14.7 Å². The monoisotopic (exact) mass is 516 g/mol. The molecule has 1 aliphatic heterocycles. The zero-order chi connectivity index (χ0) is 27.2. The summed E-state index contributed by atoms with van der Waals surface area (Å²) in [6, 6.07) is 6.15. The number of rotatable bonds is 10. The summed E-state index contributed by atoms with van der Waals surface area (Å²) in [5.41, 5.74) is -0.280. The highest BCUT2D eigenvalue weighted by Crippen LogP contribution is 2.30. The van der Waals surface area contributed by atoms with Crippen LogP contribution in [-0.4, -0.2) is 52.6 Å². The number of amides is 1. The Labute approximate surface area is 218 Å². The Bertz CT molecular complexity index is 1020. The van der Waals surface area contributed by atoms with E-state index in [4.69, 9.17) is 14.0 Å². The van der Waals surface area contributed by atoms with Crippen molar-refractivity contribution in [3.8, 4) is 5.75 Å². The molecule has 10 nitrogen and oxygen atoms in total. The van der Waals surface area contributed by atoms with Crippen molar-refractivity contribution in [2.75, 3.05) is 24.6 Å². The Hall–Kier alpha value is -3.30. The summed E-state index contributed by atoms with van der Waals surface area (Å²) in [6.07, 6.45) is 2.27. The van der Waals surface area contributed by atoms with Crippen LogP contribution < -0.4 is 15.0 Å². The van der Waals surface area contributed by atoms with Gasteiger partial charge in [-0.2, -0.15) is 4.98 Å². The van der Waals surface area contributed by atoms with Gasteiger partial charge in [0.25, 0.3) is 0 Å². The van der Waals surface area contributed by atoms with E-state index < -0.39 is 23.7 Å². The molecule has 1 aromatic heterocycles. The molecular weight excluding hydrogens is 476 g/mol. The van der Waals surface area contributed by atoms with Crippen molar-refractivity contribution in [3.05, 3.63) is 35.7 Å². The zero-order valence-electron chi connectivity index (χ0n) is 22.7. The number of carbonyl (C=O) groups excluding carboxylic acids is 1. The van der Waals surface area contributed by atoms with Gasteiger partial charge in [0.2, 0.25) is 0 Å². The third kappa shape index (κ3) is 8.36. The van der Waals surface area contributed by atoms with Gasteiger partial charge in [-0.3, -0.25) is 0 Å². The average molecular weight is 517 g/mol. The molecule has 2 N–H and O–H groups in total. The average Bonchev–Trinajstić information content (AvgIpc) is 3.33. The summed E-state index contributed by atoms with van der Waals surface area (Å²) < 4.78 is 16.5. The number of carbonyl (C=O) groups is 2. The summed E-state index contributed by atoms with van der Waals surface area (Å²) in [6.45, 7) is 13.9. The summed E-state index contributed by atoms with van der Waals surface area (Å²) in [7, 11) is 0. The third-order valence-corrected chi connectivity index (χ3v) is 6.53. The van der Waals surface area contributed by atoms with Crippen LogP contribution in [0, 0.1) is 11.8 Å². The predicted molar refractivity (Wildman–Crippen MR) is 139 cm³/mol. The lowest BCUT2D eigenvalue weighted by Gasteiger charge is -2.33. The Morgan fingerprint density at radius 2 is 1.81 bits per heavy atom. The summed E-state index contributed by atoms with van der Waals surface area (Å²) in [5, 5.41) is 16.0. The van der Waals surface area contributed by atoms with E-state index in [1.807, 2.05) is 0 Å². The number of ether oxygens (including phenoxy) is 2. The lowest BCUT2D eigenvalue weighted by atomic mass is 9.84. The Kier molecular flexibility index (Phi) is 9.39. The first kappa shape index (κ1) is 28.3. The van der Waals surface area contributed by atoms with Gasteiger partial charge in [-0.05, 0) is 69.6 Å². The molecule has 2 atom stereocenters. The number of alkyl carbamates (subject to hydrolysis) is 1. The molecule has 3 rings (SSSR count). The van der Waals surface area contributed by atoms with E-state index in [0.717, 1.165) is 38.2 Å². The van der Waals surface area contributed by atoms with Gasteiger partial charge in [0.05, 0.1) is 6.61 Å². The van der Waals surface area contributed by atoms with E-state index in [1.54, 1.807) is 45.0 Å². The van der Waals surface area contributed by atoms with Crippen molar-refractivity contribution >= 4 is 18.1 Å². The number of aliphatic carboxylic acids is 1. The predicted octanol–water partition coefficient (Wildman–Crippen LogP) is 5.17. The highest BCUT2D eigenvalue weighted by atomic mass is 16.6. The number of hydrogen-bond donors (Lipinski definition) is 2. The van der Waals surface area contributed by atoms with Gasteiger partial charge < -0.3 is 29.3 Å². The number of piperidine rings is 1. The molecule has 1 unspecified atom stereocenters. The molecule has 1 amide bonds. The lowest BCUT2D eigenvalue weighted by molar-refractivity contribution is -0.139. The molecule has 0 saturated carbocycles. The van der Waals surface area contributed by atoms with E-state index in [0.29, 0.717) is 35.8 Å². The first-order valence-corrected chi connectivity index (χ1v) is 13.0. The third-order valence-electron chi connectivity index (χ3n) is 6.53. The minimum absolute atomic E-state index is 0.249. The van der Waals surface area contributed by atoms with E-state index >= 15 is 0 Å². The fraction of sp³-hybridized carbons (Fsp3) is 0.630. The molecule has 10 heteroatoms. The number of nitrogens with one attached hydrogen (secondary N) is 1. The SMILES string of the molecule is CC(C)c1noc(N2CCC(C(C)CCOc3ccc([C@H](NC(=O)OC(C)(C)C)C(=O)O)cc3)CC2)n1. The summed E-state index contributed by atoms with van der Waals surface area (Å²) in [4.78, 5) is 30.4. The Balaban J connectivity index is 1.43. The highest BCUT2D eigenvalue weighted by Gasteiger charge is 2.27. The maximum atomic E-state index is 12.0. The maximum Gasteiger partial charge on any atom is 0.408 e. The first-order valence-electron chi connectivity index (χ1n) is 13.0. The second-order valence-electron chi connectivity index (χ2n) is 11.0. The van der Waals surface area contributed by atoms with Gasteiger partial charge in [-0.1, -0.05) is 38.1 Å². The molecule has 1 fully saturated rings. The van der Waals surface area contributed by atoms with Crippen molar-refractivity contribution in [2.24, 2.45) is 11.8 Å². The number of benzene rings is 1. The van der Waals surface area contributed by atoms with Crippen molar-refractivity contribution in [2.45, 2.75) is 78.4 Å². The Morgan fingerprint density at radius 1 is 1.16 bits per heavy atom. The number of nitrogens with zero attached hydrogens (tertiary/aromatic N) is 3. The topological polar surface area (TPSA) is 127 Å². The minimum Gasteiger partial charge on any atom is -0.494 e. The second-order valence-corrected chi connectivity index (χ2v) is 11.0. The molecule has 2 heterocycles. The van der Waals surface area contributed by atoms with E-state index in [-0.39, 0.29) is 5.92 Å². The highest BCUT2D eigenvalue weighted by molar-refractivity contribution is 5.81. The molecule has 1 aromatic carbocycles. The molecule has 1 aliphatic rings. The van der Waals surface area contributed by atoms with E-state index in [2.05, 4.69) is 41.1 Å². The molecular formula is C27H40N4O6. The molecule has 37 heavy (non-hydrogen) atoms. The van der Waals surface area contributed by atoms with Crippen LogP contribution in [-0.2, 0) is 9.53 Å². The van der Waals surface area contributed by atoms with Gasteiger partial charge in [0.15, 0.2) is 11.9 Å². The molecule has 0 radical (unpaired) electrons. The van der Waals surface area contributed by atoms with Crippen LogP contribution in [0.3, 0.4) is 0 Å². The van der Waals surface area contributed by atoms with Gasteiger partial charge >= 0.3 is 18.1 Å². The quantitative estimate of drug-likeness (QED) is 0.440. The molecule has 204 valence electrons. The molecule has 0 aliphatic carbocycles. The van der Waals surface area contributed by atoms with Gasteiger partial charge in [0.1, 0.15) is 11.4 Å². The minimum atomic E-state index is -1.21. The van der Waals surface area contributed by atoms with Crippen LogP contribution in [0.25, 0.3) is 0 Å². The van der Waals surface area contributed by atoms with Crippen molar-refractivity contribution in [1.82, 2.24) is 15.5 Å². The van der Waals surface area contributed by atoms with Gasteiger partial charge in [-0.25, -0.2) is 9.59 Å². The van der Waals surface area contributed by atoms with Crippen LogP contribution in [0.5, 0.6) is 5.75 Å². The Morgan fingerprint density at radius 3 is 2.35 bits per heavy atom. The van der Waals surface area contributed by atoms with Gasteiger partial charge in [0, 0.05) is 19.0 Å². The second kappa shape index (κ2) is 12.3. The summed E-state index contributed by atoms with van der Waals surface area (Å²) >= 11 is 0. The number of carboxylic acid groups (broad SMARTS) is 1. The summed E-state index contributed by atoms with van der Waals surface area (Å²) in [5.74, 6) is 1.59. The fourth-order valence-corrected chi connectivity index (χ4v) is 4.32. The standard InChI is InChI=1S/C27H40N4O6/c1-17(2)23-29-25(37-30-23)31-14-11-19(12-15-31)18(3)13-16-35-21-9-7-20(8-10-21)22(24(32)33)28-26(34)36-27(4,5)6/h7-10,17-19,22H,11-16H2,1-6H3,(H,28,34)(H,32,33)/t18?,22-/m0/s1. The van der Waals surface area contributed by atoms with Crippen LogP contribution in [0.15, 0.2) is 28.8 Å². The van der Waals surface area contributed by atoms with E-state index in [1.165, 1.54) is 0 Å². The van der Waals surface area contributed by atoms with Crippen molar-refractivity contribution in [1.29, 1.82) is 0 Å². The number of carboxylic acids is 1. The normalized spacial score (nSPS) is 16.4. The van der Waals surface area contributed by atoms with Crippen LogP contribution >= 0.6 is 0 Å². The zero-order valence-corrected chi connectivity index (χ0v) is 22.7. The number of hydrogen-bond acceptors (Lipinski definition) is 8. The lowest BCUT2D eigenvalue weighted by Crippen LogP contribution is -2.38. The molecule has 2 aromatic rings. The number of anilines is 1. The van der Waals surface area contributed by atoms with Crippen LogP contribution in [0.1, 0.15) is 84.2 Å². The molecule has 0 spiro atoms. The largest absolute Gasteiger partial charge is 0.494 e. The van der Waals surface area contributed by atoms with Gasteiger partial charge in [-0.15, -0.1) is 0 Å². The maximum absolute atomic E-state index is 12.0. The van der Waals surface area contributed by atoms with Crippen molar-refractivity contribution < 1.29 is 28.7 Å². The fourth-order valence-electron chi connectivity index (χ4n) is 4.32.